The van der Waals surface area contributed by atoms with Gasteiger partial charge in [0.05, 0.1) is 15.4 Å². The highest BCUT2D eigenvalue weighted by Crippen LogP contribution is 2.45. The lowest BCUT2D eigenvalue weighted by Crippen LogP contribution is -2.08. The molecule has 10 heteroatoms. The number of nitrogens with zero attached hydrogens (tertiary/aromatic N) is 2. The van der Waals surface area contributed by atoms with Gasteiger partial charge in [-0.2, -0.15) is 13.2 Å². The first-order chi connectivity index (χ1) is 12.7. The van der Waals surface area contributed by atoms with E-state index in [0.29, 0.717) is 10.8 Å². The van der Waals surface area contributed by atoms with Crippen LogP contribution >= 0.6 is 0 Å². The molecule has 0 aliphatic rings. The first kappa shape index (κ1) is 18.1. The van der Waals surface area contributed by atoms with Crippen molar-refractivity contribution in [3.63, 3.8) is 0 Å². The van der Waals surface area contributed by atoms with Gasteiger partial charge in [-0.15, -0.1) is 0 Å². The molecular formula is C17H9F3N2O5. The monoisotopic (exact) mass is 378 g/mol. The van der Waals surface area contributed by atoms with Gasteiger partial charge in [0.15, 0.2) is 0 Å². The summed E-state index contributed by atoms with van der Waals surface area (Å²) < 4.78 is 44.3. The van der Waals surface area contributed by atoms with Gasteiger partial charge in [0.2, 0.25) is 0 Å². The Morgan fingerprint density at radius 1 is 0.852 bits per heavy atom. The van der Waals surface area contributed by atoms with Crippen molar-refractivity contribution < 1.29 is 27.8 Å². The Bertz CT molecular complexity index is 1030. The number of nitro benzene ring substituents is 2. The molecule has 7 nitrogen and oxygen atoms in total. The molecule has 0 unspecified atom stereocenters. The number of halogens is 3. The standard InChI is InChI=1S/C17H9F3N2O5/c18-17(19,20)11-8-13(21(23)24)16(14(9-11)22(25)26)27-15-7-3-5-10-4-1-2-6-12(10)15/h1-9H. The number of nitro groups is 2. The quantitative estimate of drug-likeness (QED) is 0.443. The van der Waals surface area contributed by atoms with Crippen LogP contribution in [0, 0.1) is 20.2 Å². The molecule has 0 bridgehead atoms. The number of rotatable bonds is 4. The van der Waals surface area contributed by atoms with E-state index < -0.39 is 38.7 Å². The van der Waals surface area contributed by atoms with Gasteiger partial charge < -0.3 is 4.74 Å². The van der Waals surface area contributed by atoms with Crippen LogP contribution in [0.1, 0.15) is 5.56 Å². The Morgan fingerprint density at radius 3 is 1.96 bits per heavy atom. The third-order valence-corrected chi connectivity index (χ3v) is 3.73. The van der Waals surface area contributed by atoms with Crippen LogP contribution < -0.4 is 4.74 Å². The largest absolute Gasteiger partial charge is 0.444 e. The summed E-state index contributed by atoms with van der Waals surface area (Å²) in [4.78, 5) is 20.2. The van der Waals surface area contributed by atoms with E-state index >= 15 is 0 Å². The van der Waals surface area contributed by atoms with Crippen molar-refractivity contribution in [2.45, 2.75) is 6.18 Å². The summed E-state index contributed by atoms with van der Waals surface area (Å²) in [5.41, 5.74) is -3.81. The van der Waals surface area contributed by atoms with Crippen molar-refractivity contribution in [2.24, 2.45) is 0 Å². The molecule has 0 saturated carbocycles. The van der Waals surface area contributed by atoms with Crippen molar-refractivity contribution in [2.75, 3.05) is 0 Å². The second kappa shape index (κ2) is 6.56. The number of ether oxygens (including phenoxy) is 1. The molecule has 138 valence electrons. The van der Waals surface area contributed by atoms with Crippen LogP contribution in [0.2, 0.25) is 0 Å². The second-order valence-electron chi connectivity index (χ2n) is 5.43. The summed E-state index contributed by atoms with van der Waals surface area (Å²) in [6.07, 6.45) is -4.99. The van der Waals surface area contributed by atoms with Crippen molar-refractivity contribution in [3.8, 4) is 11.5 Å². The van der Waals surface area contributed by atoms with Gasteiger partial charge >= 0.3 is 17.6 Å². The van der Waals surface area contributed by atoms with Crippen LogP contribution in [-0.2, 0) is 6.18 Å². The van der Waals surface area contributed by atoms with Crippen molar-refractivity contribution in [1.82, 2.24) is 0 Å². The zero-order valence-corrected chi connectivity index (χ0v) is 13.3. The highest BCUT2D eigenvalue weighted by atomic mass is 19.4. The van der Waals surface area contributed by atoms with Gasteiger partial charge in [-0.25, -0.2) is 0 Å². The van der Waals surface area contributed by atoms with Crippen molar-refractivity contribution >= 4 is 22.1 Å². The number of benzene rings is 3. The Kier molecular flexibility index (Phi) is 4.40. The zero-order chi connectivity index (χ0) is 19.8. The molecule has 0 saturated heterocycles. The summed E-state index contributed by atoms with van der Waals surface area (Å²) in [6, 6.07) is 11.8. The molecule has 3 aromatic rings. The fraction of sp³-hybridized carbons (Fsp3) is 0.0588. The average Bonchev–Trinajstić information content (AvgIpc) is 2.60. The Labute approximate surface area is 148 Å². The van der Waals surface area contributed by atoms with E-state index in [2.05, 4.69) is 0 Å². The van der Waals surface area contributed by atoms with Gasteiger partial charge in [0.1, 0.15) is 5.75 Å². The van der Waals surface area contributed by atoms with Crippen molar-refractivity contribution in [1.29, 1.82) is 0 Å². The lowest BCUT2D eigenvalue weighted by atomic mass is 10.1. The summed E-state index contributed by atoms with van der Waals surface area (Å²) in [7, 11) is 0. The van der Waals surface area contributed by atoms with Crippen LogP contribution in [0.15, 0.2) is 54.6 Å². The molecule has 0 radical (unpaired) electrons. The first-order valence-electron chi connectivity index (χ1n) is 7.38. The fourth-order valence-corrected chi connectivity index (χ4v) is 2.53. The number of hydrogen-bond donors (Lipinski definition) is 0. The van der Waals surface area contributed by atoms with E-state index in [0.717, 1.165) is 0 Å². The molecule has 0 aliphatic carbocycles. The molecule has 0 fully saturated rings. The van der Waals surface area contributed by atoms with Crippen LogP contribution in [0.4, 0.5) is 24.5 Å². The summed E-state index contributed by atoms with van der Waals surface area (Å²) in [5, 5.41) is 23.7. The molecule has 3 rings (SSSR count). The van der Waals surface area contributed by atoms with E-state index in [4.69, 9.17) is 4.74 Å². The minimum absolute atomic E-state index is 0.0408. The fourth-order valence-electron chi connectivity index (χ4n) is 2.53. The lowest BCUT2D eigenvalue weighted by Gasteiger charge is -2.12. The van der Waals surface area contributed by atoms with E-state index in [-0.39, 0.29) is 17.9 Å². The highest BCUT2D eigenvalue weighted by molar-refractivity contribution is 5.88. The highest BCUT2D eigenvalue weighted by Gasteiger charge is 2.38. The minimum Gasteiger partial charge on any atom is -0.444 e. The maximum absolute atomic E-state index is 13.0. The lowest BCUT2D eigenvalue weighted by molar-refractivity contribution is -0.396. The summed E-state index contributed by atoms with van der Waals surface area (Å²) in [5.74, 6) is -0.826. The minimum atomic E-state index is -4.99. The molecule has 0 atom stereocenters. The number of hydrogen-bond acceptors (Lipinski definition) is 5. The predicted octanol–water partition coefficient (Wildman–Crippen LogP) is 5.47. The third-order valence-electron chi connectivity index (χ3n) is 3.73. The van der Waals surface area contributed by atoms with E-state index in [1.54, 1.807) is 36.4 Å². The third kappa shape index (κ3) is 3.50. The van der Waals surface area contributed by atoms with Crippen molar-refractivity contribution in [3.05, 3.63) is 80.4 Å². The Morgan fingerprint density at radius 2 is 1.41 bits per heavy atom. The summed E-state index contributed by atoms with van der Waals surface area (Å²) >= 11 is 0. The molecule has 0 N–H and O–H groups in total. The SMILES string of the molecule is O=[N+]([O-])c1cc(C(F)(F)F)cc([N+](=O)[O-])c1Oc1cccc2ccccc12. The van der Waals surface area contributed by atoms with E-state index in [1.807, 2.05) is 0 Å². The predicted molar refractivity (Wildman–Crippen MR) is 88.8 cm³/mol. The molecule has 0 aromatic heterocycles. The summed E-state index contributed by atoms with van der Waals surface area (Å²) in [6.45, 7) is 0. The van der Waals surface area contributed by atoms with Crippen LogP contribution in [0.25, 0.3) is 10.8 Å². The number of alkyl halides is 3. The molecule has 0 amide bonds. The average molecular weight is 378 g/mol. The van der Waals surface area contributed by atoms with Crippen LogP contribution in [-0.4, -0.2) is 9.85 Å². The Balaban J connectivity index is 2.25. The smallest absolute Gasteiger partial charge is 0.416 e. The van der Waals surface area contributed by atoms with E-state index in [1.165, 1.54) is 6.07 Å². The van der Waals surface area contributed by atoms with E-state index in [9.17, 15) is 33.4 Å². The second-order valence-corrected chi connectivity index (χ2v) is 5.43. The van der Waals surface area contributed by atoms with Gasteiger partial charge in [0.25, 0.3) is 5.75 Å². The Hall–Kier alpha value is -3.69. The molecular weight excluding hydrogens is 369 g/mol. The van der Waals surface area contributed by atoms with Gasteiger partial charge in [0, 0.05) is 17.5 Å². The zero-order valence-electron chi connectivity index (χ0n) is 13.3. The first-order valence-corrected chi connectivity index (χ1v) is 7.38. The van der Waals surface area contributed by atoms with Gasteiger partial charge in [-0.3, -0.25) is 20.2 Å². The van der Waals surface area contributed by atoms with Crippen LogP contribution in [0.3, 0.4) is 0 Å². The molecule has 27 heavy (non-hydrogen) atoms. The maximum Gasteiger partial charge on any atom is 0.416 e. The van der Waals surface area contributed by atoms with Gasteiger partial charge in [-0.05, 0) is 11.5 Å². The molecule has 0 spiro atoms. The topological polar surface area (TPSA) is 95.5 Å². The molecule has 0 heterocycles. The number of fused-ring (bicyclic) bond motifs is 1. The van der Waals surface area contributed by atoms with Crippen LogP contribution in [0.5, 0.6) is 11.5 Å². The molecule has 0 aliphatic heterocycles. The molecule has 3 aromatic carbocycles. The normalized spacial score (nSPS) is 11.4. The maximum atomic E-state index is 13.0. The van der Waals surface area contributed by atoms with Gasteiger partial charge in [-0.1, -0.05) is 36.4 Å².